The lowest BCUT2D eigenvalue weighted by Crippen LogP contribution is -2.41. The molecule has 7 nitrogen and oxygen atoms in total. The van der Waals surface area contributed by atoms with E-state index in [1.165, 1.54) is 12.1 Å². The van der Waals surface area contributed by atoms with Crippen LogP contribution in [0.3, 0.4) is 0 Å². The topological polar surface area (TPSA) is 92.6 Å². The minimum Gasteiger partial charge on any atom is -0.349 e. The van der Waals surface area contributed by atoms with Gasteiger partial charge in [-0.1, -0.05) is 42.5 Å². The highest BCUT2D eigenvalue weighted by molar-refractivity contribution is 7.89. The van der Waals surface area contributed by atoms with Gasteiger partial charge in [-0.05, 0) is 69.4 Å². The van der Waals surface area contributed by atoms with Crippen LogP contribution in [0.2, 0.25) is 0 Å². The molecule has 1 fully saturated rings. The van der Waals surface area contributed by atoms with Crippen molar-refractivity contribution in [2.75, 3.05) is 0 Å². The Labute approximate surface area is 222 Å². The fourth-order valence-electron chi connectivity index (χ4n) is 5.10. The van der Waals surface area contributed by atoms with E-state index in [0.29, 0.717) is 31.3 Å². The number of hydrogen-bond acceptors (Lipinski definition) is 4. The second-order valence-electron chi connectivity index (χ2n) is 9.96. The van der Waals surface area contributed by atoms with E-state index in [9.17, 15) is 17.6 Å². The summed E-state index contributed by atoms with van der Waals surface area (Å²) in [5.41, 5.74) is 4.18. The van der Waals surface area contributed by atoms with Gasteiger partial charge in [0.05, 0.1) is 16.6 Å². The molecule has 2 N–H and O–H groups in total. The van der Waals surface area contributed by atoms with Crippen molar-refractivity contribution in [2.24, 2.45) is 5.92 Å². The molecule has 1 aliphatic rings. The standard InChI is InChI=1S/C29H31FN4O3S/c1-19(21-8-12-24(30)13-9-21)31-29(35)23-10-14-25(15-11-23)33-38(36,37)26-16-17-27-32-28(20(2)34(27)18-26)22-6-4-3-5-7-22/h3-9,12-13,16-19,23,25,33H,10-11,14-15H2,1-2H3,(H,31,35)/t19-,23?,25?/m1/s1. The molecule has 0 spiro atoms. The lowest BCUT2D eigenvalue weighted by Gasteiger charge is -2.29. The van der Waals surface area contributed by atoms with Gasteiger partial charge in [0.15, 0.2) is 0 Å². The first-order chi connectivity index (χ1) is 18.2. The van der Waals surface area contributed by atoms with Gasteiger partial charge in [0.1, 0.15) is 11.5 Å². The Morgan fingerprint density at radius 3 is 2.37 bits per heavy atom. The highest BCUT2D eigenvalue weighted by Gasteiger charge is 2.30. The van der Waals surface area contributed by atoms with Crippen molar-refractivity contribution in [3.8, 4) is 11.3 Å². The summed E-state index contributed by atoms with van der Waals surface area (Å²) in [6, 6.07) is 18.7. The lowest BCUT2D eigenvalue weighted by atomic mass is 9.85. The van der Waals surface area contributed by atoms with E-state index in [0.717, 1.165) is 22.5 Å². The van der Waals surface area contributed by atoms with Gasteiger partial charge in [-0.3, -0.25) is 4.79 Å². The Bertz CT molecular complexity index is 1540. The average molecular weight is 535 g/mol. The number of aromatic nitrogens is 2. The number of fused-ring (bicyclic) bond motifs is 1. The summed E-state index contributed by atoms with van der Waals surface area (Å²) in [4.78, 5) is 17.7. The quantitative estimate of drug-likeness (QED) is 0.342. The van der Waals surface area contributed by atoms with Crippen molar-refractivity contribution in [2.45, 2.75) is 56.5 Å². The largest absolute Gasteiger partial charge is 0.349 e. The highest BCUT2D eigenvalue weighted by atomic mass is 32.2. The molecule has 2 aromatic heterocycles. The van der Waals surface area contributed by atoms with Gasteiger partial charge >= 0.3 is 0 Å². The van der Waals surface area contributed by atoms with Crippen LogP contribution in [0.25, 0.3) is 16.9 Å². The molecule has 0 saturated heterocycles. The molecule has 1 saturated carbocycles. The Morgan fingerprint density at radius 1 is 1.00 bits per heavy atom. The third kappa shape index (κ3) is 5.49. The van der Waals surface area contributed by atoms with Crippen molar-refractivity contribution in [3.05, 3.63) is 90.0 Å². The zero-order chi connectivity index (χ0) is 26.9. The van der Waals surface area contributed by atoms with Crippen LogP contribution < -0.4 is 10.0 Å². The average Bonchev–Trinajstić information content (AvgIpc) is 3.25. The van der Waals surface area contributed by atoms with Crippen molar-refractivity contribution < 1.29 is 17.6 Å². The third-order valence-corrected chi connectivity index (χ3v) is 8.84. The molecule has 2 aromatic carbocycles. The maximum atomic E-state index is 13.2. The number of nitrogens with one attached hydrogen (secondary N) is 2. The number of pyridine rings is 1. The summed E-state index contributed by atoms with van der Waals surface area (Å²) >= 11 is 0. The molecule has 0 radical (unpaired) electrons. The van der Waals surface area contributed by atoms with E-state index >= 15 is 0 Å². The SMILES string of the molecule is Cc1c(-c2ccccc2)nc2ccc(S(=O)(=O)NC3CCC(C(=O)N[C@H](C)c4ccc(F)cc4)CC3)cn12. The molecule has 1 amide bonds. The fourth-order valence-corrected chi connectivity index (χ4v) is 6.40. The van der Waals surface area contributed by atoms with E-state index < -0.39 is 10.0 Å². The normalized spacial score (nSPS) is 18.8. The summed E-state index contributed by atoms with van der Waals surface area (Å²) in [6.45, 7) is 3.79. The van der Waals surface area contributed by atoms with E-state index in [2.05, 4.69) is 15.0 Å². The molecule has 4 aromatic rings. The summed E-state index contributed by atoms with van der Waals surface area (Å²) in [7, 11) is -3.75. The second kappa shape index (κ2) is 10.7. The lowest BCUT2D eigenvalue weighted by molar-refractivity contribution is -0.126. The van der Waals surface area contributed by atoms with Gasteiger partial charge in [0.2, 0.25) is 15.9 Å². The number of rotatable bonds is 7. The van der Waals surface area contributed by atoms with Crippen LogP contribution in [-0.4, -0.2) is 29.8 Å². The first-order valence-corrected chi connectivity index (χ1v) is 14.3. The zero-order valence-electron chi connectivity index (χ0n) is 21.4. The zero-order valence-corrected chi connectivity index (χ0v) is 22.2. The van der Waals surface area contributed by atoms with Gasteiger partial charge in [0, 0.05) is 29.4 Å². The van der Waals surface area contributed by atoms with E-state index in [4.69, 9.17) is 0 Å². The Morgan fingerprint density at radius 2 is 1.68 bits per heavy atom. The maximum Gasteiger partial charge on any atom is 0.242 e. The van der Waals surface area contributed by atoms with Gasteiger partial charge in [-0.25, -0.2) is 22.5 Å². The molecule has 5 rings (SSSR count). The molecule has 1 aliphatic carbocycles. The molecular formula is C29H31FN4O3S. The minimum atomic E-state index is -3.75. The van der Waals surface area contributed by atoms with Crippen LogP contribution >= 0.6 is 0 Å². The predicted molar refractivity (Wildman–Crippen MR) is 144 cm³/mol. The number of sulfonamides is 1. The summed E-state index contributed by atoms with van der Waals surface area (Å²) in [5, 5.41) is 3.00. The van der Waals surface area contributed by atoms with Crippen LogP contribution in [0, 0.1) is 18.7 Å². The predicted octanol–water partition coefficient (Wildman–Crippen LogP) is 5.16. The maximum absolute atomic E-state index is 13.2. The number of benzene rings is 2. The van der Waals surface area contributed by atoms with Gasteiger partial charge in [0.25, 0.3) is 0 Å². The molecule has 9 heteroatoms. The Balaban J connectivity index is 1.21. The van der Waals surface area contributed by atoms with Gasteiger partial charge in [-0.2, -0.15) is 0 Å². The van der Waals surface area contributed by atoms with E-state index in [1.807, 2.05) is 44.2 Å². The molecule has 38 heavy (non-hydrogen) atoms. The second-order valence-corrected chi connectivity index (χ2v) is 11.7. The first-order valence-electron chi connectivity index (χ1n) is 12.8. The van der Waals surface area contributed by atoms with Crippen molar-refractivity contribution in [1.29, 1.82) is 0 Å². The van der Waals surface area contributed by atoms with Crippen LogP contribution in [0.15, 0.2) is 77.8 Å². The van der Waals surface area contributed by atoms with Crippen LogP contribution in [0.1, 0.15) is 49.9 Å². The Hall–Kier alpha value is -3.56. The first kappa shape index (κ1) is 26.1. The highest BCUT2D eigenvalue weighted by Crippen LogP contribution is 2.28. The molecule has 0 unspecified atom stereocenters. The summed E-state index contributed by atoms with van der Waals surface area (Å²) in [5.74, 6) is -0.552. The number of nitrogens with zero attached hydrogens (tertiary/aromatic N) is 2. The van der Waals surface area contributed by atoms with Gasteiger partial charge < -0.3 is 9.72 Å². The third-order valence-electron chi connectivity index (χ3n) is 7.34. The number of aryl methyl sites for hydroxylation is 1. The number of carbonyl (C=O) groups excluding carboxylic acids is 1. The molecular weight excluding hydrogens is 503 g/mol. The molecule has 2 heterocycles. The van der Waals surface area contributed by atoms with Crippen molar-refractivity contribution >= 4 is 21.6 Å². The number of carbonyl (C=O) groups is 1. The smallest absolute Gasteiger partial charge is 0.242 e. The summed E-state index contributed by atoms with van der Waals surface area (Å²) in [6.07, 6.45) is 3.95. The van der Waals surface area contributed by atoms with E-state index in [-0.39, 0.29) is 34.6 Å². The number of amides is 1. The molecule has 0 aliphatic heterocycles. The van der Waals surface area contributed by atoms with Crippen LogP contribution in [0.5, 0.6) is 0 Å². The minimum absolute atomic E-state index is 0.0570. The summed E-state index contributed by atoms with van der Waals surface area (Å²) < 4.78 is 44.3. The van der Waals surface area contributed by atoms with Crippen LogP contribution in [0.4, 0.5) is 4.39 Å². The monoisotopic (exact) mass is 534 g/mol. The molecule has 0 bridgehead atoms. The van der Waals surface area contributed by atoms with Crippen molar-refractivity contribution in [3.63, 3.8) is 0 Å². The fraction of sp³-hybridized carbons (Fsp3) is 0.310. The van der Waals surface area contributed by atoms with E-state index in [1.54, 1.807) is 34.9 Å². The number of imidazole rings is 1. The molecule has 1 atom stereocenters. The molecule has 198 valence electrons. The van der Waals surface area contributed by atoms with Crippen LogP contribution in [-0.2, 0) is 14.8 Å². The van der Waals surface area contributed by atoms with Gasteiger partial charge in [-0.15, -0.1) is 0 Å². The number of hydrogen-bond donors (Lipinski definition) is 2. The Kier molecular flexibility index (Phi) is 7.32. The number of halogens is 1. The van der Waals surface area contributed by atoms with Crippen molar-refractivity contribution in [1.82, 2.24) is 19.4 Å².